The van der Waals surface area contributed by atoms with E-state index in [1.54, 1.807) is 39.0 Å². The number of hydrogen-bond donors (Lipinski definition) is 0. The Hall–Kier alpha value is -4.81. The number of rotatable bonds is 0. The molecule has 288 valence electrons. The van der Waals surface area contributed by atoms with Gasteiger partial charge in [-0.2, -0.15) is 0 Å². The molecule has 0 aliphatic carbocycles. The van der Waals surface area contributed by atoms with E-state index >= 15 is 0 Å². The summed E-state index contributed by atoms with van der Waals surface area (Å²) in [7, 11) is 0. The van der Waals surface area contributed by atoms with Crippen molar-refractivity contribution < 1.29 is 26.3 Å². The van der Waals surface area contributed by atoms with E-state index in [2.05, 4.69) is 76.2 Å². The van der Waals surface area contributed by atoms with Crippen LogP contribution in [0.1, 0.15) is 61.2 Å². The van der Waals surface area contributed by atoms with E-state index in [-0.39, 0.29) is 27.8 Å². The molecule has 0 aromatic heterocycles. The molecule has 54 heavy (non-hydrogen) atoms. The molecule has 0 unspecified atom stereocenters. The maximum atomic E-state index is 12.6. The quantitative estimate of drug-likeness (QED) is 0.135. The third kappa shape index (κ3) is 18.8. The SMILES string of the molecule is Cc1cc(F)c(C)c(F)c1.Cc1cc(F)c(C)c(F)c1.Cc1ccc(C)c(F)c1.Cc1ccc(C)cc1.Cc1ccc(C)cc1.Cc1ccc(Cl)c(F)c1. The van der Waals surface area contributed by atoms with Crippen molar-refractivity contribution in [3.8, 4) is 0 Å². The highest BCUT2D eigenvalue weighted by Gasteiger charge is 2.04. The molecule has 0 radical (unpaired) electrons. The number of benzene rings is 6. The number of aryl methyl sites for hydroxylation is 9. The van der Waals surface area contributed by atoms with Gasteiger partial charge in [-0.05, 0) is 146 Å². The molecule has 0 atom stereocenters. The fourth-order valence-corrected chi connectivity index (χ4v) is 4.23. The molecule has 0 bridgehead atoms. The van der Waals surface area contributed by atoms with E-state index in [0.717, 1.165) is 11.1 Å². The van der Waals surface area contributed by atoms with Gasteiger partial charge >= 0.3 is 0 Å². The minimum Gasteiger partial charge on any atom is -0.207 e. The molecule has 0 aliphatic heterocycles. The Morgan fingerprint density at radius 2 is 0.519 bits per heavy atom. The van der Waals surface area contributed by atoms with Crippen molar-refractivity contribution in [1.82, 2.24) is 0 Å². The summed E-state index contributed by atoms with van der Waals surface area (Å²) < 4.78 is 75.4. The predicted molar refractivity (Wildman–Crippen MR) is 216 cm³/mol. The van der Waals surface area contributed by atoms with Gasteiger partial charge in [-0.15, -0.1) is 0 Å². The summed E-state index contributed by atoms with van der Waals surface area (Å²) >= 11 is 5.41. The molecule has 0 saturated heterocycles. The molecule has 0 spiro atoms. The average molecular weight is 765 g/mol. The molecule has 0 saturated carbocycles. The van der Waals surface area contributed by atoms with Crippen molar-refractivity contribution in [2.24, 2.45) is 0 Å². The van der Waals surface area contributed by atoms with Crippen LogP contribution in [-0.2, 0) is 0 Å². The first-order valence-corrected chi connectivity index (χ1v) is 17.6. The minimum atomic E-state index is -0.475. The van der Waals surface area contributed by atoms with E-state index in [1.165, 1.54) is 72.5 Å². The third-order valence-electron chi connectivity index (χ3n) is 7.69. The zero-order valence-electron chi connectivity index (χ0n) is 33.0. The Labute approximate surface area is 323 Å². The molecular weight excluding hydrogens is 714 g/mol. The van der Waals surface area contributed by atoms with Crippen LogP contribution in [0.2, 0.25) is 5.02 Å². The second-order valence-electron chi connectivity index (χ2n) is 13.2. The van der Waals surface area contributed by atoms with E-state index in [9.17, 15) is 26.3 Å². The molecule has 0 amide bonds. The van der Waals surface area contributed by atoms with Crippen LogP contribution >= 0.6 is 11.6 Å². The number of halogens is 7. The molecule has 0 nitrogen and oxygen atoms in total. The largest absolute Gasteiger partial charge is 0.207 e. The smallest absolute Gasteiger partial charge is 0.142 e. The van der Waals surface area contributed by atoms with Crippen molar-refractivity contribution in [3.63, 3.8) is 0 Å². The topological polar surface area (TPSA) is 0 Å². The maximum Gasteiger partial charge on any atom is 0.142 e. The summed E-state index contributed by atoms with van der Waals surface area (Å²) in [5.41, 5.74) is 9.28. The highest BCUT2D eigenvalue weighted by atomic mass is 35.5. The highest BCUT2D eigenvalue weighted by molar-refractivity contribution is 6.30. The molecule has 6 aromatic rings. The average Bonchev–Trinajstić information content (AvgIpc) is 3.10. The Morgan fingerprint density at radius 1 is 0.278 bits per heavy atom. The van der Waals surface area contributed by atoms with E-state index < -0.39 is 23.3 Å². The van der Waals surface area contributed by atoms with Gasteiger partial charge < -0.3 is 0 Å². The van der Waals surface area contributed by atoms with Gasteiger partial charge in [0, 0.05) is 11.1 Å². The summed E-state index contributed by atoms with van der Waals surface area (Å²) in [4.78, 5) is 0. The molecule has 6 rings (SSSR count). The molecular formula is C47H51ClF6. The Balaban J connectivity index is 0.000000325. The van der Waals surface area contributed by atoms with Crippen LogP contribution in [-0.4, -0.2) is 0 Å². The van der Waals surface area contributed by atoms with Crippen molar-refractivity contribution in [2.75, 3.05) is 0 Å². The van der Waals surface area contributed by atoms with Crippen LogP contribution in [0.4, 0.5) is 26.3 Å². The fourth-order valence-electron chi connectivity index (χ4n) is 4.12. The highest BCUT2D eigenvalue weighted by Crippen LogP contribution is 2.15. The van der Waals surface area contributed by atoms with Gasteiger partial charge in [-0.25, -0.2) is 26.3 Å². The summed E-state index contributed by atoms with van der Waals surface area (Å²) in [5.74, 6) is -2.36. The summed E-state index contributed by atoms with van der Waals surface area (Å²) in [6, 6.07) is 32.2. The summed E-state index contributed by atoms with van der Waals surface area (Å²) in [6.07, 6.45) is 0. The zero-order valence-corrected chi connectivity index (χ0v) is 33.8. The monoisotopic (exact) mass is 764 g/mol. The second-order valence-corrected chi connectivity index (χ2v) is 13.6. The molecule has 7 heteroatoms. The van der Waals surface area contributed by atoms with Crippen molar-refractivity contribution >= 4 is 11.6 Å². The van der Waals surface area contributed by atoms with Gasteiger partial charge in [0.15, 0.2) is 0 Å². The lowest BCUT2D eigenvalue weighted by atomic mass is 10.1. The lowest BCUT2D eigenvalue weighted by Crippen LogP contribution is -1.89. The van der Waals surface area contributed by atoms with Crippen LogP contribution in [0.25, 0.3) is 0 Å². The van der Waals surface area contributed by atoms with E-state index in [0.29, 0.717) is 16.7 Å². The van der Waals surface area contributed by atoms with Gasteiger partial charge in [0.2, 0.25) is 0 Å². The Kier molecular flexibility index (Phi) is 20.8. The predicted octanol–water partition coefficient (Wildman–Crippen LogP) is 15.0. The lowest BCUT2D eigenvalue weighted by molar-refractivity contribution is 0.565. The summed E-state index contributed by atoms with van der Waals surface area (Å²) in [6.45, 7) is 20.0. The molecule has 6 aromatic carbocycles. The molecule has 0 heterocycles. The standard InChI is InChI=1S/2C8H8F2.C8H9F.2C8H10.C7H6ClF/c2*1-5-3-7(9)6(2)8(10)4-5;1-6-3-4-7(2)8(9)5-6;2*1-7-3-5-8(2)6-4-7;1-5-2-3-6(8)7(9)4-5/h2*3-4H,1-2H3;3-5H,1-2H3;2*3-6H,1-2H3;2-4H,1H3. The lowest BCUT2D eigenvalue weighted by Gasteiger charge is -1.98. The Morgan fingerprint density at radius 3 is 0.759 bits per heavy atom. The van der Waals surface area contributed by atoms with Crippen molar-refractivity contribution in [3.05, 3.63) is 210 Å². The van der Waals surface area contributed by atoms with Gasteiger partial charge in [-0.3, -0.25) is 0 Å². The van der Waals surface area contributed by atoms with Gasteiger partial charge in [-0.1, -0.05) is 101 Å². The van der Waals surface area contributed by atoms with Crippen LogP contribution < -0.4 is 0 Å². The van der Waals surface area contributed by atoms with E-state index in [4.69, 9.17) is 11.6 Å². The molecule has 0 N–H and O–H groups in total. The normalized spacial score (nSPS) is 9.67. The van der Waals surface area contributed by atoms with Crippen molar-refractivity contribution in [2.45, 2.75) is 76.2 Å². The minimum absolute atomic E-state index is 0.0885. The van der Waals surface area contributed by atoms with Crippen molar-refractivity contribution in [1.29, 1.82) is 0 Å². The molecule has 0 aliphatic rings. The van der Waals surface area contributed by atoms with Crippen LogP contribution in [0.3, 0.4) is 0 Å². The van der Waals surface area contributed by atoms with Crippen LogP contribution in [0.5, 0.6) is 0 Å². The number of hydrogen-bond acceptors (Lipinski definition) is 0. The fraction of sp³-hybridized carbons (Fsp3) is 0.234. The first kappa shape index (κ1) is 47.2. The maximum absolute atomic E-state index is 12.6. The second kappa shape index (κ2) is 23.8. The zero-order chi connectivity index (χ0) is 41.1. The van der Waals surface area contributed by atoms with Gasteiger partial charge in [0.25, 0.3) is 0 Å². The first-order valence-electron chi connectivity index (χ1n) is 17.3. The van der Waals surface area contributed by atoms with Crippen LogP contribution in [0.15, 0.2) is 109 Å². The van der Waals surface area contributed by atoms with Crippen LogP contribution in [0, 0.1) is 111 Å². The Bertz CT molecular complexity index is 1800. The molecule has 0 fully saturated rings. The summed E-state index contributed by atoms with van der Waals surface area (Å²) in [5, 5.41) is 0.181. The van der Waals surface area contributed by atoms with Gasteiger partial charge in [0.1, 0.15) is 34.9 Å². The van der Waals surface area contributed by atoms with E-state index in [1.807, 2.05) is 19.9 Å². The first-order chi connectivity index (χ1) is 25.2. The van der Waals surface area contributed by atoms with Gasteiger partial charge in [0.05, 0.1) is 5.02 Å². The third-order valence-corrected chi connectivity index (χ3v) is 8.00.